The molecule has 1 aliphatic heterocycles. The second-order valence-electron chi connectivity index (χ2n) is 5.23. The average molecular weight is 302 g/mol. The van der Waals surface area contributed by atoms with E-state index in [1.54, 1.807) is 4.90 Å². The van der Waals surface area contributed by atoms with Crippen LogP contribution in [-0.2, 0) is 9.59 Å². The molecule has 5 N–H and O–H groups in total. The molecule has 0 aromatic heterocycles. The van der Waals surface area contributed by atoms with E-state index < -0.39 is 24.0 Å². The molecule has 21 heavy (non-hydrogen) atoms. The van der Waals surface area contributed by atoms with Crippen molar-refractivity contribution in [1.82, 2.24) is 20.9 Å². The fraction of sp³-hybridized carbons (Fsp3) is 0.750. The zero-order chi connectivity index (χ0) is 15.9. The van der Waals surface area contributed by atoms with E-state index in [2.05, 4.69) is 16.0 Å². The Hall–Kier alpha value is -1.87. The number of rotatable bonds is 6. The summed E-state index contributed by atoms with van der Waals surface area (Å²) in [5.41, 5.74) is -1.54. The molecule has 9 heteroatoms. The first-order valence-electron chi connectivity index (χ1n) is 6.74. The Kier molecular flexibility index (Phi) is 6.38. The number of carbonyl (C=O) groups excluding carboxylic acids is 2. The highest BCUT2D eigenvalue weighted by atomic mass is 16.4. The number of urea groups is 1. The lowest BCUT2D eigenvalue weighted by Crippen LogP contribution is -2.51. The highest BCUT2D eigenvalue weighted by molar-refractivity contribution is 5.84. The summed E-state index contributed by atoms with van der Waals surface area (Å²) in [6.45, 7) is 3.64. The maximum atomic E-state index is 11.8. The van der Waals surface area contributed by atoms with Gasteiger partial charge in [0.15, 0.2) is 0 Å². The molecule has 0 aromatic rings. The second-order valence-corrected chi connectivity index (χ2v) is 5.23. The molecule has 0 aliphatic carbocycles. The van der Waals surface area contributed by atoms with Gasteiger partial charge in [0.25, 0.3) is 0 Å². The summed E-state index contributed by atoms with van der Waals surface area (Å²) in [7, 11) is 0. The minimum Gasteiger partial charge on any atom is -0.481 e. The number of aliphatic carboxylic acids is 1. The normalized spacial score (nSPS) is 17.7. The summed E-state index contributed by atoms with van der Waals surface area (Å²) in [5, 5.41) is 26.1. The Morgan fingerprint density at radius 2 is 1.86 bits per heavy atom. The Labute approximate surface area is 122 Å². The lowest BCUT2D eigenvalue weighted by atomic mass is 10.0. The van der Waals surface area contributed by atoms with Crippen LogP contribution in [0.25, 0.3) is 0 Å². The molecule has 0 aromatic carbocycles. The molecular weight excluding hydrogens is 280 g/mol. The molecule has 0 bridgehead atoms. The van der Waals surface area contributed by atoms with E-state index in [4.69, 9.17) is 5.11 Å². The van der Waals surface area contributed by atoms with Crippen LogP contribution in [0.5, 0.6) is 0 Å². The summed E-state index contributed by atoms with van der Waals surface area (Å²) in [5.74, 6) is -1.33. The van der Waals surface area contributed by atoms with Crippen LogP contribution >= 0.6 is 0 Å². The van der Waals surface area contributed by atoms with E-state index in [1.165, 1.54) is 6.92 Å². The number of carbonyl (C=O) groups is 3. The van der Waals surface area contributed by atoms with Crippen LogP contribution in [-0.4, -0.2) is 77.9 Å². The van der Waals surface area contributed by atoms with Crippen molar-refractivity contribution >= 4 is 17.9 Å². The van der Waals surface area contributed by atoms with E-state index in [-0.39, 0.29) is 19.0 Å². The van der Waals surface area contributed by atoms with Crippen molar-refractivity contribution in [2.45, 2.75) is 18.9 Å². The lowest BCUT2D eigenvalue weighted by molar-refractivity contribution is -0.141. The predicted octanol–water partition coefficient (Wildman–Crippen LogP) is -2.06. The van der Waals surface area contributed by atoms with Gasteiger partial charge < -0.3 is 31.1 Å². The monoisotopic (exact) mass is 302 g/mol. The summed E-state index contributed by atoms with van der Waals surface area (Å²) in [6, 6.07) is -0.621. The van der Waals surface area contributed by atoms with Crippen molar-refractivity contribution in [1.29, 1.82) is 0 Å². The van der Waals surface area contributed by atoms with E-state index in [0.717, 1.165) is 13.1 Å². The molecule has 0 spiro atoms. The minimum atomic E-state index is -1.54. The molecule has 120 valence electrons. The van der Waals surface area contributed by atoms with Crippen LogP contribution in [0.3, 0.4) is 0 Å². The van der Waals surface area contributed by atoms with Crippen LogP contribution in [0.1, 0.15) is 13.3 Å². The summed E-state index contributed by atoms with van der Waals surface area (Å²) < 4.78 is 0. The van der Waals surface area contributed by atoms with Crippen molar-refractivity contribution in [3.05, 3.63) is 0 Å². The van der Waals surface area contributed by atoms with E-state index >= 15 is 0 Å². The molecule has 1 atom stereocenters. The third-order valence-electron chi connectivity index (χ3n) is 3.03. The number of amides is 3. The smallest absolute Gasteiger partial charge is 0.315 e. The fourth-order valence-electron chi connectivity index (χ4n) is 1.90. The van der Waals surface area contributed by atoms with Gasteiger partial charge in [-0.05, 0) is 6.92 Å². The van der Waals surface area contributed by atoms with Crippen LogP contribution in [0.15, 0.2) is 0 Å². The molecule has 0 radical (unpaired) electrons. The number of hydrogen-bond acceptors (Lipinski definition) is 5. The van der Waals surface area contributed by atoms with Gasteiger partial charge >= 0.3 is 12.0 Å². The molecule has 1 unspecified atom stereocenters. The lowest BCUT2D eigenvalue weighted by Gasteiger charge is -2.27. The summed E-state index contributed by atoms with van der Waals surface area (Å²) in [6.07, 6.45) is -0.479. The van der Waals surface area contributed by atoms with Gasteiger partial charge in [0.1, 0.15) is 0 Å². The van der Waals surface area contributed by atoms with E-state index in [1.807, 2.05) is 0 Å². The van der Waals surface area contributed by atoms with E-state index in [9.17, 15) is 19.5 Å². The zero-order valence-electron chi connectivity index (χ0n) is 12.0. The molecule has 1 fully saturated rings. The predicted molar refractivity (Wildman–Crippen MR) is 73.7 cm³/mol. The zero-order valence-corrected chi connectivity index (χ0v) is 12.0. The van der Waals surface area contributed by atoms with Gasteiger partial charge in [0.05, 0.1) is 18.6 Å². The first-order chi connectivity index (χ1) is 9.80. The van der Waals surface area contributed by atoms with Gasteiger partial charge in [-0.15, -0.1) is 0 Å². The number of aliphatic hydroxyl groups is 1. The summed E-state index contributed by atoms with van der Waals surface area (Å²) in [4.78, 5) is 35.4. The van der Waals surface area contributed by atoms with Gasteiger partial charge in [0.2, 0.25) is 5.91 Å². The standard InChI is InChI=1S/C12H22N4O5/c1-12(21,6-10(18)19)8-15-11(20)14-7-9(17)16-4-2-13-3-5-16/h13,21H,2-8H2,1H3,(H,18,19)(H2,14,15,20). The highest BCUT2D eigenvalue weighted by Crippen LogP contribution is 2.06. The maximum absolute atomic E-state index is 11.8. The van der Waals surface area contributed by atoms with Crippen molar-refractivity contribution < 1.29 is 24.6 Å². The Balaban J connectivity index is 2.24. The third kappa shape index (κ3) is 6.91. The van der Waals surface area contributed by atoms with Crippen molar-refractivity contribution in [3.63, 3.8) is 0 Å². The number of nitrogens with one attached hydrogen (secondary N) is 3. The Morgan fingerprint density at radius 1 is 1.24 bits per heavy atom. The van der Waals surface area contributed by atoms with Gasteiger partial charge in [0, 0.05) is 32.7 Å². The number of carboxylic acid groups (broad SMARTS) is 1. The maximum Gasteiger partial charge on any atom is 0.315 e. The Morgan fingerprint density at radius 3 is 2.43 bits per heavy atom. The SMILES string of the molecule is CC(O)(CNC(=O)NCC(=O)N1CCNCC1)CC(=O)O. The highest BCUT2D eigenvalue weighted by Gasteiger charge is 2.25. The molecule has 9 nitrogen and oxygen atoms in total. The van der Waals surface area contributed by atoms with Crippen LogP contribution in [0, 0.1) is 0 Å². The van der Waals surface area contributed by atoms with Crippen LogP contribution in [0.4, 0.5) is 4.79 Å². The molecule has 1 heterocycles. The Bertz CT molecular complexity index is 393. The number of hydrogen-bond donors (Lipinski definition) is 5. The van der Waals surface area contributed by atoms with Crippen molar-refractivity contribution in [2.24, 2.45) is 0 Å². The molecule has 1 saturated heterocycles. The van der Waals surface area contributed by atoms with E-state index in [0.29, 0.717) is 13.1 Å². The van der Waals surface area contributed by atoms with Gasteiger partial charge in [-0.1, -0.05) is 0 Å². The molecular formula is C12H22N4O5. The third-order valence-corrected chi connectivity index (χ3v) is 3.03. The first-order valence-corrected chi connectivity index (χ1v) is 6.74. The largest absolute Gasteiger partial charge is 0.481 e. The first kappa shape index (κ1) is 17.2. The summed E-state index contributed by atoms with van der Waals surface area (Å²) >= 11 is 0. The average Bonchev–Trinajstić information content (AvgIpc) is 2.42. The van der Waals surface area contributed by atoms with Crippen LogP contribution < -0.4 is 16.0 Å². The molecule has 1 rings (SSSR count). The second kappa shape index (κ2) is 7.79. The quantitative estimate of drug-likeness (QED) is 0.383. The van der Waals surface area contributed by atoms with Crippen LogP contribution in [0.2, 0.25) is 0 Å². The molecule has 3 amide bonds. The minimum absolute atomic E-state index is 0.132. The van der Waals surface area contributed by atoms with Crippen molar-refractivity contribution in [3.8, 4) is 0 Å². The van der Waals surface area contributed by atoms with Gasteiger partial charge in [-0.2, -0.15) is 0 Å². The van der Waals surface area contributed by atoms with Gasteiger partial charge in [-0.3, -0.25) is 9.59 Å². The molecule has 0 saturated carbocycles. The number of piperazine rings is 1. The fourth-order valence-corrected chi connectivity index (χ4v) is 1.90. The van der Waals surface area contributed by atoms with Crippen molar-refractivity contribution in [2.75, 3.05) is 39.3 Å². The topological polar surface area (TPSA) is 131 Å². The number of carboxylic acids is 1. The number of nitrogens with zero attached hydrogens (tertiary/aromatic N) is 1. The van der Waals surface area contributed by atoms with Gasteiger partial charge in [-0.25, -0.2) is 4.79 Å². The molecule has 1 aliphatic rings.